The lowest BCUT2D eigenvalue weighted by molar-refractivity contribution is -0.0134. The van der Waals surface area contributed by atoms with Gasteiger partial charge >= 0.3 is 6.03 Å². The van der Waals surface area contributed by atoms with Gasteiger partial charge in [-0.25, -0.2) is 4.79 Å². The standard InChI is InChI=1S/C17H24N2O2/c1-2-14-12-19(10-11-21-14)17(20)18-16-9-5-7-13-6-3-4-8-15(13)16/h5,7,9,14H,2-4,6,8,10-12H2,1H3,(H,18,20)/t14-/m1/s1. The zero-order valence-corrected chi connectivity index (χ0v) is 12.7. The Balaban J connectivity index is 1.70. The van der Waals surface area contributed by atoms with Gasteiger partial charge in [0, 0.05) is 18.8 Å². The predicted molar refractivity (Wildman–Crippen MR) is 83.7 cm³/mol. The second-order valence-electron chi connectivity index (χ2n) is 5.93. The van der Waals surface area contributed by atoms with Crippen molar-refractivity contribution < 1.29 is 9.53 Å². The third-order valence-electron chi connectivity index (χ3n) is 4.52. The minimum Gasteiger partial charge on any atom is -0.375 e. The molecule has 1 fully saturated rings. The minimum atomic E-state index is 0.00993. The first-order valence-corrected chi connectivity index (χ1v) is 8.06. The van der Waals surface area contributed by atoms with Crippen molar-refractivity contribution in [2.24, 2.45) is 0 Å². The maximum Gasteiger partial charge on any atom is 0.322 e. The van der Waals surface area contributed by atoms with Crippen molar-refractivity contribution in [3.05, 3.63) is 29.3 Å². The molecule has 2 aliphatic rings. The number of carbonyl (C=O) groups excluding carboxylic acids is 1. The van der Waals surface area contributed by atoms with Crippen molar-refractivity contribution in [2.45, 2.75) is 45.1 Å². The van der Waals surface area contributed by atoms with Crippen LogP contribution in [0.15, 0.2) is 18.2 Å². The number of rotatable bonds is 2. The summed E-state index contributed by atoms with van der Waals surface area (Å²) in [4.78, 5) is 14.3. The fraction of sp³-hybridized carbons (Fsp3) is 0.588. The highest BCUT2D eigenvalue weighted by atomic mass is 16.5. The van der Waals surface area contributed by atoms with Crippen LogP contribution in [0.4, 0.5) is 10.5 Å². The van der Waals surface area contributed by atoms with Crippen LogP contribution < -0.4 is 5.32 Å². The molecule has 1 atom stereocenters. The molecule has 114 valence electrons. The average molecular weight is 288 g/mol. The third kappa shape index (κ3) is 3.21. The number of benzene rings is 1. The molecule has 3 rings (SSSR count). The molecular formula is C17H24N2O2. The first-order chi connectivity index (χ1) is 10.3. The van der Waals surface area contributed by atoms with E-state index < -0.39 is 0 Å². The first kappa shape index (κ1) is 14.4. The van der Waals surface area contributed by atoms with Gasteiger partial charge in [-0.05, 0) is 49.3 Å². The summed E-state index contributed by atoms with van der Waals surface area (Å²) in [6.07, 6.45) is 5.81. The normalized spacial score (nSPS) is 21.8. The maximum atomic E-state index is 12.5. The van der Waals surface area contributed by atoms with Gasteiger partial charge in [0.1, 0.15) is 0 Å². The number of nitrogens with one attached hydrogen (secondary N) is 1. The van der Waals surface area contributed by atoms with Crippen LogP contribution in [0.2, 0.25) is 0 Å². The van der Waals surface area contributed by atoms with Crippen molar-refractivity contribution in [3.63, 3.8) is 0 Å². The lowest BCUT2D eigenvalue weighted by Gasteiger charge is -2.33. The zero-order valence-electron chi connectivity index (χ0n) is 12.7. The van der Waals surface area contributed by atoms with Gasteiger partial charge < -0.3 is 15.0 Å². The number of ether oxygens (including phenoxy) is 1. The van der Waals surface area contributed by atoms with Crippen LogP contribution in [0.3, 0.4) is 0 Å². The average Bonchev–Trinajstić information content (AvgIpc) is 2.55. The van der Waals surface area contributed by atoms with Crippen LogP contribution in [0.5, 0.6) is 0 Å². The lowest BCUT2D eigenvalue weighted by Crippen LogP contribution is -2.47. The molecule has 1 aromatic rings. The van der Waals surface area contributed by atoms with Gasteiger partial charge in [-0.3, -0.25) is 0 Å². The third-order valence-corrected chi connectivity index (χ3v) is 4.52. The maximum absolute atomic E-state index is 12.5. The molecular weight excluding hydrogens is 264 g/mol. The molecule has 1 N–H and O–H groups in total. The summed E-state index contributed by atoms with van der Waals surface area (Å²) in [6, 6.07) is 6.27. The van der Waals surface area contributed by atoms with E-state index in [0.29, 0.717) is 19.7 Å². The van der Waals surface area contributed by atoms with Gasteiger partial charge in [0.2, 0.25) is 0 Å². The van der Waals surface area contributed by atoms with Crippen LogP contribution in [0.25, 0.3) is 0 Å². The van der Waals surface area contributed by atoms with Crippen molar-refractivity contribution in [1.82, 2.24) is 4.90 Å². The van der Waals surface area contributed by atoms with E-state index in [4.69, 9.17) is 4.74 Å². The van der Waals surface area contributed by atoms with E-state index in [1.54, 1.807) is 0 Å². The van der Waals surface area contributed by atoms with Gasteiger partial charge in [-0.1, -0.05) is 19.1 Å². The molecule has 0 saturated carbocycles. The zero-order chi connectivity index (χ0) is 14.7. The number of urea groups is 1. The fourth-order valence-electron chi connectivity index (χ4n) is 3.24. The van der Waals surface area contributed by atoms with Crippen LogP contribution >= 0.6 is 0 Å². The molecule has 1 heterocycles. The molecule has 0 radical (unpaired) electrons. The van der Waals surface area contributed by atoms with Gasteiger partial charge in [0.25, 0.3) is 0 Å². The molecule has 4 nitrogen and oxygen atoms in total. The van der Waals surface area contributed by atoms with Crippen molar-refractivity contribution in [2.75, 3.05) is 25.0 Å². The monoisotopic (exact) mass is 288 g/mol. The molecule has 0 aromatic heterocycles. The molecule has 1 aliphatic heterocycles. The summed E-state index contributed by atoms with van der Waals surface area (Å²) < 4.78 is 5.63. The van der Waals surface area contributed by atoms with Gasteiger partial charge in [-0.15, -0.1) is 0 Å². The number of hydrogen-bond donors (Lipinski definition) is 1. The highest BCUT2D eigenvalue weighted by molar-refractivity contribution is 5.90. The van der Waals surface area contributed by atoms with E-state index in [1.165, 1.54) is 24.0 Å². The number of aryl methyl sites for hydroxylation is 1. The lowest BCUT2D eigenvalue weighted by atomic mass is 9.90. The van der Waals surface area contributed by atoms with Crippen molar-refractivity contribution >= 4 is 11.7 Å². The molecule has 21 heavy (non-hydrogen) atoms. The van der Waals surface area contributed by atoms with Crippen molar-refractivity contribution in [3.8, 4) is 0 Å². The highest BCUT2D eigenvalue weighted by Gasteiger charge is 2.24. The van der Waals surface area contributed by atoms with Crippen LogP contribution in [0.1, 0.15) is 37.3 Å². The Bertz CT molecular complexity index is 516. The quantitative estimate of drug-likeness (QED) is 0.908. The number of amides is 2. The van der Waals surface area contributed by atoms with E-state index in [-0.39, 0.29) is 12.1 Å². The summed E-state index contributed by atoms with van der Waals surface area (Å²) in [5.41, 5.74) is 3.72. The van der Waals surface area contributed by atoms with Crippen molar-refractivity contribution in [1.29, 1.82) is 0 Å². The summed E-state index contributed by atoms with van der Waals surface area (Å²) in [7, 11) is 0. The summed E-state index contributed by atoms with van der Waals surface area (Å²) in [5, 5.41) is 3.12. The Hall–Kier alpha value is -1.55. The molecule has 2 amide bonds. The summed E-state index contributed by atoms with van der Waals surface area (Å²) in [5.74, 6) is 0. The van der Waals surface area contributed by atoms with Crippen LogP contribution in [-0.4, -0.2) is 36.7 Å². The van der Waals surface area contributed by atoms with E-state index in [0.717, 1.165) is 24.9 Å². The van der Waals surface area contributed by atoms with E-state index >= 15 is 0 Å². The number of fused-ring (bicyclic) bond motifs is 1. The fourth-order valence-corrected chi connectivity index (χ4v) is 3.24. The van der Waals surface area contributed by atoms with Crippen LogP contribution in [0, 0.1) is 0 Å². The Kier molecular flexibility index (Phi) is 4.44. The van der Waals surface area contributed by atoms with Gasteiger partial charge in [0.05, 0.1) is 12.7 Å². The summed E-state index contributed by atoms with van der Waals surface area (Å²) in [6.45, 7) is 4.10. The predicted octanol–water partition coefficient (Wildman–Crippen LogP) is 3.21. The Labute approximate surface area is 126 Å². The summed E-state index contributed by atoms with van der Waals surface area (Å²) >= 11 is 0. The Morgan fingerprint density at radius 2 is 2.24 bits per heavy atom. The number of anilines is 1. The Morgan fingerprint density at radius 1 is 1.38 bits per heavy atom. The second kappa shape index (κ2) is 6.48. The van der Waals surface area contributed by atoms with E-state index in [2.05, 4.69) is 18.3 Å². The number of carbonyl (C=O) groups is 1. The molecule has 0 bridgehead atoms. The van der Waals surface area contributed by atoms with E-state index in [9.17, 15) is 4.79 Å². The minimum absolute atomic E-state index is 0.00993. The van der Waals surface area contributed by atoms with E-state index in [1.807, 2.05) is 17.0 Å². The Morgan fingerprint density at radius 3 is 3.10 bits per heavy atom. The molecule has 1 aromatic carbocycles. The molecule has 0 spiro atoms. The molecule has 1 saturated heterocycles. The molecule has 1 aliphatic carbocycles. The number of hydrogen-bond acceptors (Lipinski definition) is 2. The van der Waals surface area contributed by atoms with Gasteiger partial charge in [-0.2, -0.15) is 0 Å². The second-order valence-corrected chi connectivity index (χ2v) is 5.93. The highest BCUT2D eigenvalue weighted by Crippen LogP contribution is 2.28. The number of nitrogens with zero attached hydrogens (tertiary/aromatic N) is 1. The number of morpholine rings is 1. The molecule has 4 heteroatoms. The van der Waals surface area contributed by atoms with Gasteiger partial charge in [0.15, 0.2) is 0 Å². The van der Waals surface area contributed by atoms with Crippen LogP contribution in [-0.2, 0) is 17.6 Å². The topological polar surface area (TPSA) is 41.6 Å². The SMILES string of the molecule is CC[C@@H]1CN(C(=O)Nc2cccc3c2CCCC3)CCO1. The first-order valence-electron chi connectivity index (χ1n) is 8.06. The molecule has 0 unspecified atom stereocenters. The largest absolute Gasteiger partial charge is 0.375 e. The smallest absolute Gasteiger partial charge is 0.322 e.